The molecule has 2 fully saturated rings. The van der Waals surface area contributed by atoms with E-state index in [0.29, 0.717) is 41.9 Å². The second-order valence-electron chi connectivity index (χ2n) is 11.9. The number of phenolic OH excluding ortho intramolecular Hbond substituents is 2. The molecule has 53 heavy (non-hydrogen) atoms. The third-order valence-corrected chi connectivity index (χ3v) is 8.52. The number of hydrogen-bond acceptors (Lipinski definition) is 10. The van der Waals surface area contributed by atoms with Crippen LogP contribution in [0.5, 0.6) is 28.7 Å². The molecule has 6 aromatic rings. The van der Waals surface area contributed by atoms with Crippen molar-refractivity contribution in [2.45, 2.75) is 7.43 Å². The van der Waals surface area contributed by atoms with Gasteiger partial charge >= 0.3 is 7.69 Å². The van der Waals surface area contributed by atoms with Gasteiger partial charge in [0.15, 0.2) is 17.4 Å². The Bertz CT molecular complexity index is 2120. The van der Waals surface area contributed by atoms with Crippen molar-refractivity contribution >= 4 is 34.6 Å². The van der Waals surface area contributed by atoms with Gasteiger partial charge in [-0.15, -0.1) is 0 Å². The molecule has 0 aliphatic carbocycles. The number of pyridine rings is 2. The van der Waals surface area contributed by atoms with Gasteiger partial charge in [0.2, 0.25) is 0 Å². The van der Waals surface area contributed by atoms with Crippen LogP contribution in [-0.4, -0.2) is 81.1 Å². The normalized spacial score (nSPS) is 13.8. The first-order chi connectivity index (χ1) is 25.1. The molecule has 12 nitrogen and oxygen atoms in total. The molecule has 5 N–H and O–H groups in total. The Morgan fingerprint density at radius 1 is 0.736 bits per heavy atom. The molecule has 2 aromatic carbocycles. The van der Waals surface area contributed by atoms with Crippen molar-refractivity contribution in [3.05, 3.63) is 102 Å². The van der Waals surface area contributed by atoms with E-state index in [1.165, 1.54) is 0 Å². The van der Waals surface area contributed by atoms with Crippen LogP contribution in [0.1, 0.15) is 7.43 Å². The van der Waals surface area contributed by atoms with E-state index in [4.69, 9.17) is 19.6 Å². The highest BCUT2D eigenvalue weighted by molar-refractivity contribution is 9.10. The number of hydrogen-bond donors (Lipinski definition) is 5. The molecular formula is C35H35BBrF4N6O6. The van der Waals surface area contributed by atoms with Gasteiger partial charge in [0.05, 0.1) is 43.8 Å². The SMILES string of the molecule is Brc1cc(OCC2CNC2)c2cncn2c1.C.O[B]Oc1c(F)cc(O)cc1F.Oc1cc(F)c(-c2cc(OCC3CNC3)c3cncn3c2)c(F)c1. The summed E-state index contributed by atoms with van der Waals surface area (Å²) in [6.45, 7) is 5.21. The minimum Gasteiger partial charge on any atom is -0.533 e. The molecule has 8 rings (SSSR count). The van der Waals surface area contributed by atoms with E-state index < -0.39 is 40.5 Å². The van der Waals surface area contributed by atoms with Gasteiger partial charge in [-0.05, 0) is 28.1 Å². The summed E-state index contributed by atoms with van der Waals surface area (Å²) in [7, 11) is 0.151. The van der Waals surface area contributed by atoms with Gasteiger partial charge in [-0.25, -0.2) is 27.5 Å². The summed E-state index contributed by atoms with van der Waals surface area (Å²) >= 11 is 3.47. The number of imidazole rings is 2. The van der Waals surface area contributed by atoms with Crippen LogP contribution in [0.2, 0.25) is 0 Å². The molecule has 18 heteroatoms. The lowest BCUT2D eigenvalue weighted by Gasteiger charge is -2.27. The molecule has 0 saturated carbocycles. The zero-order valence-corrected chi connectivity index (χ0v) is 28.7. The summed E-state index contributed by atoms with van der Waals surface area (Å²) in [6, 6.07) is 6.70. The molecule has 6 heterocycles. The van der Waals surface area contributed by atoms with Crippen molar-refractivity contribution in [3.63, 3.8) is 0 Å². The Kier molecular flexibility index (Phi) is 13.1. The molecule has 0 spiro atoms. The number of fused-ring (bicyclic) bond motifs is 2. The van der Waals surface area contributed by atoms with Crippen molar-refractivity contribution in [1.82, 2.24) is 29.4 Å². The monoisotopic (exact) mass is 801 g/mol. The van der Waals surface area contributed by atoms with E-state index >= 15 is 0 Å². The molecule has 279 valence electrons. The van der Waals surface area contributed by atoms with Crippen molar-refractivity contribution in [2.24, 2.45) is 11.8 Å². The number of benzene rings is 2. The van der Waals surface area contributed by atoms with Crippen molar-refractivity contribution in [3.8, 4) is 39.9 Å². The summed E-state index contributed by atoms with van der Waals surface area (Å²) in [5.74, 6) is -3.11. The highest BCUT2D eigenvalue weighted by Gasteiger charge is 2.21. The minimum absolute atomic E-state index is 0. The standard InChI is InChI=1S/C17H15F2N3O2.C11H12BrN3O.C6H4BF2O3.CH4/c18-13-2-12(23)3-14(19)17(13)11-1-16(24-8-10-4-20-5-10)15-6-21-9-22(15)7-11;12-9-1-11(16-6-8-2-13-3-8)10-4-14-7-15(10)5-9;8-4-1-3(10)2-5(9)6(4)12-7-11;/h1-3,6-7,9-10,20,23H,4-5,8H2;1,4-5,7-8,13H,2-3,6H2;1-2,10-11H;1H4. The van der Waals surface area contributed by atoms with E-state index in [1.807, 2.05) is 22.9 Å². The summed E-state index contributed by atoms with van der Waals surface area (Å²) in [4.78, 5) is 8.17. The average molecular weight is 802 g/mol. The molecule has 2 aliphatic rings. The zero-order chi connectivity index (χ0) is 36.8. The quantitative estimate of drug-likeness (QED) is 0.0940. The van der Waals surface area contributed by atoms with Crippen molar-refractivity contribution in [1.29, 1.82) is 0 Å². The fourth-order valence-corrected chi connectivity index (χ4v) is 5.66. The minimum atomic E-state index is -1.09. The fourth-order valence-electron chi connectivity index (χ4n) is 5.23. The third-order valence-electron chi connectivity index (χ3n) is 8.08. The Balaban J connectivity index is 0.000000162. The van der Waals surface area contributed by atoms with Gasteiger partial charge < -0.3 is 48.8 Å². The Morgan fingerprint density at radius 2 is 1.21 bits per heavy atom. The zero-order valence-electron chi connectivity index (χ0n) is 27.1. The van der Waals surface area contributed by atoms with Gasteiger partial charge in [0.25, 0.3) is 0 Å². The summed E-state index contributed by atoms with van der Waals surface area (Å²) < 4.78 is 74.0. The molecule has 0 bridgehead atoms. The van der Waals surface area contributed by atoms with E-state index in [2.05, 4.69) is 41.2 Å². The van der Waals surface area contributed by atoms with Gasteiger partial charge in [0, 0.05) is 84.7 Å². The van der Waals surface area contributed by atoms with Crippen LogP contribution in [0.25, 0.3) is 22.2 Å². The van der Waals surface area contributed by atoms with Crippen LogP contribution in [0.4, 0.5) is 17.6 Å². The highest BCUT2D eigenvalue weighted by atomic mass is 79.9. The lowest BCUT2D eigenvalue weighted by molar-refractivity contribution is 0.200. The summed E-state index contributed by atoms with van der Waals surface area (Å²) in [5, 5.41) is 32.5. The number of nitrogens with one attached hydrogen (secondary N) is 2. The second kappa shape index (κ2) is 17.7. The maximum atomic E-state index is 14.2. The number of phenols is 2. The predicted octanol–water partition coefficient (Wildman–Crippen LogP) is 5.49. The van der Waals surface area contributed by atoms with E-state index in [9.17, 15) is 22.7 Å². The molecular weight excluding hydrogens is 767 g/mol. The van der Waals surface area contributed by atoms with Crippen LogP contribution in [-0.2, 0) is 0 Å². The molecule has 4 aromatic heterocycles. The van der Waals surface area contributed by atoms with Gasteiger partial charge in [-0.1, -0.05) is 7.43 Å². The first-order valence-electron chi connectivity index (χ1n) is 15.8. The van der Waals surface area contributed by atoms with Gasteiger partial charge in [-0.2, -0.15) is 0 Å². The molecule has 1 radical (unpaired) electrons. The van der Waals surface area contributed by atoms with Crippen molar-refractivity contribution in [2.75, 3.05) is 39.4 Å². The van der Waals surface area contributed by atoms with Crippen LogP contribution in [0.3, 0.4) is 0 Å². The second-order valence-corrected chi connectivity index (χ2v) is 12.8. The van der Waals surface area contributed by atoms with E-state index in [-0.39, 0.29) is 20.7 Å². The Labute approximate surface area is 310 Å². The Morgan fingerprint density at radius 3 is 1.68 bits per heavy atom. The number of aromatic nitrogens is 4. The number of ether oxygens (including phenoxy) is 2. The maximum absolute atomic E-state index is 14.2. The molecule has 2 saturated heterocycles. The van der Waals surface area contributed by atoms with Gasteiger partial charge in [0.1, 0.15) is 45.7 Å². The molecule has 0 amide bonds. The lowest BCUT2D eigenvalue weighted by atomic mass is 10.0. The fraction of sp³-hybridized carbons (Fsp3) is 0.257. The smallest absolute Gasteiger partial charge is 0.533 e. The first kappa shape index (κ1) is 39.2. The van der Waals surface area contributed by atoms with Crippen LogP contribution in [0.15, 0.2) is 78.3 Å². The number of halogens is 5. The first-order valence-corrected chi connectivity index (χ1v) is 16.6. The predicted molar refractivity (Wildman–Crippen MR) is 192 cm³/mol. The maximum Gasteiger partial charge on any atom is 0.569 e. The Hall–Kier alpha value is -5.04. The van der Waals surface area contributed by atoms with Gasteiger partial charge in [-0.3, -0.25) is 0 Å². The summed E-state index contributed by atoms with van der Waals surface area (Å²) in [6.07, 6.45) is 10.3. The molecule has 0 atom stereocenters. The van der Waals surface area contributed by atoms with Crippen molar-refractivity contribution < 1.29 is 46.9 Å². The molecule has 2 aliphatic heterocycles. The van der Waals surface area contributed by atoms with Crippen LogP contribution < -0.4 is 24.8 Å². The number of aromatic hydroxyl groups is 2. The number of nitrogens with zero attached hydrogens (tertiary/aromatic N) is 4. The highest BCUT2D eigenvalue weighted by Crippen LogP contribution is 2.34. The average Bonchev–Trinajstić information content (AvgIpc) is 3.71. The molecule has 0 unspecified atom stereocenters. The largest absolute Gasteiger partial charge is 0.569 e. The summed E-state index contributed by atoms with van der Waals surface area (Å²) in [5.41, 5.74) is 1.84. The third kappa shape index (κ3) is 9.50. The van der Waals surface area contributed by atoms with Crippen LogP contribution >= 0.6 is 15.9 Å². The topological polar surface area (TPSA) is 147 Å². The lowest BCUT2D eigenvalue weighted by Crippen LogP contribution is -2.45. The number of rotatable bonds is 9. The van der Waals surface area contributed by atoms with E-state index in [1.54, 1.807) is 35.5 Å². The van der Waals surface area contributed by atoms with E-state index in [0.717, 1.165) is 66.2 Å². The van der Waals surface area contributed by atoms with Crippen LogP contribution in [0, 0.1) is 35.1 Å².